The number of methoxy groups -OCH3 is 2. The van der Waals surface area contributed by atoms with Gasteiger partial charge in [-0.25, -0.2) is 0 Å². The monoisotopic (exact) mass is 477 g/mol. The third kappa shape index (κ3) is 5.49. The van der Waals surface area contributed by atoms with Gasteiger partial charge in [0.05, 0.1) is 20.8 Å². The lowest BCUT2D eigenvalue weighted by Gasteiger charge is -2.41. The molecule has 1 aliphatic carbocycles. The maximum absolute atomic E-state index is 13.1. The molecule has 0 spiro atoms. The zero-order valence-corrected chi connectivity index (χ0v) is 21.3. The first-order valence-electron chi connectivity index (χ1n) is 13.2. The van der Waals surface area contributed by atoms with Crippen LogP contribution in [-0.4, -0.2) is 80.1 Å². The van der Waals surface area contributed by atoms with E-state index in [1.54, 1.807) is 14.2 Å². The van der Waals surface area contributed by atoms with Crippen molar-refractivity contribution in [2.45, 2.75) is 51.1 Å². The topological polar surface area (TPSA) is 45.2 Å². The number of carbonyl (C=O) groups is 1. The fraction of sp³-hybridized carbons (Fsp3) is 0.552. The van der Waals surface area contributed by atoms with Gasteiger partial charge in [-0.15, -0.1) is 0 Å². The van der Waals surface area contributed by atoms with Gasteiger partial charge in [-0.1, -0.05) is 37.5 Å². The summed E-state index contributed by atoms with van der Waals surface area (Å²) in [7, 11) is 3.36. The molecule has 2 aromatic carbocycles. The molecule has 3 aliphatic rings. The van der Waals surface area contributed by atoms with Crippen LogP contribution in [0, 0.1) is 0 Å². The third-order valence-corrected chi connectivity index (χ3v) is 8.13. The molecule has 35 heavy (non-hydrogen) atoms. The van der Waals surface area contributed by atoms with Crippen molar-refractivity contribution in [3.63, 3.8) is 0 Å². The van der Waals surface area contributed by atoms with Crippen molar-refractivity contribution in [1.29, 1.82) is 0 Å². The Morgan fingerprint density at radius 1 is 0.886 bits per heavy atom. The van der Waals surface area contributed by atoms with E-state index in [1.165, 1.54) is 43.2 Å². The molecule has 0 atom stereocenters. The summed E-state index contributed by atoms with van der Waals surface area (Å²) in [6.45, 7) is 6.12. The Labute approximate surface area is 209 Å². The molecular formula is C29H39N3O3. The molecule has 1 saturated carbocycles. The van der Waals surface area contributed by atoms with E-state index in [0.29, 0.717) is 6.54 Å². The first-order valence-corrected chi connectivity index (χ1v) is 13.2. The van der Waals surface area contributed by atoms with Crippen LogP contribution in [0.3, 0.4) is 0 Å². The summed E-state index contributed by atoms with van der Waals surface area (Å²) in [6, 6.07) is 13.4. The van der Waals surface area contributed by atoms with E-state index < -0.39 is 0 Å². The summed E-state index contributed by atoms with van der Waals surface area (Å²) in [4.78, 5) is 20.1. The van der Waals surface area contributed by atoms with Crippen LogP contribution in [0.15, 0.2) is 36.4 Å². The van der Waals surface area contributed by atoms with Crippen molar-refractivity contribution in [1.82, 2.24) is 14.7 Å². The van der Waals surface area contributed by atoms with Gasteiger partial charge >= 0.3 is 0 Å². The van der Waals surface area contributed by atoms with Crippen LogP contribution < -0.4 is 9.47 Å². The van der Waals surface area contributed by atoms with Crippen LogP contribution in [-0.2, 0) is 17.8 Å². The Kier molecular flexibility index (Phi) is 7.59. The molecular weight excluding hydrogens is 438 g/mol. The van der Waals surface area contributed by atoms with E-state index in [2.05, 4.69) is 39.0 Å². The molecule has 1 amide bonds. The number of carbonyl (C=O) groups excluding carboxylic acids is 1. The molecule has 5 rings (SSSR count). The average molecular weight is 478 g/mol. The average Bonchev–Trinajstić information content (AvgIpc) is 2.93. The van der Waals surface area contributed by atoms with Gasteiger partial charge < -0.3 is 14.4 Å². The Hall–Kier alpha value is -2.57. The predicted molar refractivity (Wildman–Crippen MR) is 139 cm³/mol. The summed E-state index contributed by atoms with van der Waals surface area (Å²) < 4.78 is 11.0. The zero-order valence-electron chi connectivity index (χ0n) is 21.3. The van der Waals surface area contributed by atoms with Crippen LogP contribution in [0.25, 0.3) is 11.1 Å². The second kappa shape index (κ2) is 11.0. The van der Waals surface area contributed by atoms with Crippen LogP contribution in [0.4, 0.5) is 0 Å². The molecule has 0 aromatic heterocycles. The summed E-state index contributed by atoms with van der Waals surface area (Å²) in [5, 5.41) is 0. The Morgan fingerprint density at radius 2 is 1.69 bits per heavy atom. The van der Waals surface area contributed by atoms with Crippen molar-refractivity contribution < 1.29 is 14.3 Å². The maximum atomic E-state index is 13.1. The highest BCUT2D eigenvalue weighted by molar-refractivity contribution is 5.78. The highest BCUT2D eigenvalue weighted by Gasteiger charge is 2.28. The van der Waals surface area contributed by atoms with E-state index in [0.717, 1.165) is 74.4 Å². The molecule has 2 aliphatic heterocycles. The standard InChI is InChI=1S/C29H39N3O3/c1-34-26-10-11-27(28(19-26)35-2)23-8-9-24-20-30(13-12-22(24)18-23)21-29(33)32-16-14-31(15-17-32)25-6-4-3-5-7-25/h8-11,18-19,25H,3-7,12-17,20-21H2,1-2H3. The number of piperazine rings is 1. The fourth-order valence-corrected chi connectivity index (χ4v) is 6.02. The summed E-state index contributed by atoms with van der Waals surface area (Å²) in [5.41, 5.74) is 4.91. The fourth-order valence-electron chi connectivity index (χ4n) is 6.02. The smallest absolute Gasteiger partial charge is 0.236 e. The van der Waals surface area contributed by atoms with Gasteiger partial charge in [0.25, 0.3) is 0 Å². The lowest BCUT2D eigenvalue weighted by molar-refractivity contribution is -0.134. The number of ether oxygens (including phenoxy) is 2. The number of rotatable bonds is 6. The number of fused-ring (bicyclic) bond motifs is 1. The summed E-state index contributed by atoms with van der Waals surface area (Å²) in [6.07, 6.45) is 7.78. The summed E-state index contributed by atoms with van der Waals surface area (Å²) in [5.74, 6) is 1.89. The largest absolute Gasteiger partial charge is 0.497 e. The molecule has 1 saturated heterocycles. The molecule has 2 heterocycles. The third-order valence-electron chi connectivity index (χ3n) is 8.13. The SMILES string of the molecule is COc1ccc(-c2ccc3c(c2)CCN(CC(=O)N2CCN(C4CCCCC4)CC2)C3)c(OC)c1. The van der Waals surface area contributed by atoms with Crippen molar-refractivity contribution >= 4 is 5.91 Å². The van der Waals surface area contributed by atoms with Crippen molar-refractivity contribution in [2.24, 2.45) is 0 Å². The minimum absolute atomic E-state index is 0.288. The van der Waals surface area contributed by atoms with Crippen LogP contribution in [0.5, 0.6) is 11.5 Å². The van der Waals surface area contributed by atoms with E-state index in [4.69, 9.17) is 9.47 Å². The minimum Gasteiger partial charge on any atom is -0.497 e. The molecule has 6 nitrogen and oxygen atoms in total. The maximum Gasteiger partial charge on any atom is 0.236 e. The quantitative estimate of drug-likeness (QED) is 0.624. The zero-order chi connectivity index (χ0) is 24.2. The number of hydrogen-bond donors (Lipinski definition) is 0. The summed E-state index contributed by atoms with van der Waals surface area (Å²) >= 11 is 0. The number of nitrogens with zero attached hydrogens (tertiary/aromatic N) is 3. The van der Waals surface area contributed by atoms with Gasteiger partial charge in [0.1, 0.15) is 11.5 Å². The second-order valence-electron chi connectivity index (χ2n) is 10.2. The number of amides is 1. The molecule has 0 unspecified atom stereocenters. The number of benzene rings is 2. The molecule has 0 N–H and O–H groups in total. The van der Waals surface area contributed by atoms with Gasteiger partial charge in [-0.05, 0) is 48.1 Å². The van der Waals surface area contributed by atoms with Gasteiger partial charge in [-0.2, -0.15) is 0 Å². The van der Waals surface area contributed by atoms with Gasteiger partial charge in [-0.3, -0.25) is 14.6 Å². The van der Waals surface area contributed by atoms with E-state index >= 15 is 0 Å². The first kappa shape index (κ1) is 24.1. The van der Waals surface area contributed by atoms with Gasteiger partial charge in [0.15, 0.2) is 0 Å². The Morgan fingerprint density at radius 3 is 2.43 bits per heavy atom. The lowest BCUT2D eigenvalue weighted by atomic mass is 9.93. The molecule has 2 aromatic rings. The predicted octanol–water partition coefficient (Wildman–Crippen LogP) is 4.21. The molecule has 6 heteroatoms. The molecule has 2 fully saturated rings. The highest BCUT2D eigenvalue weighted by Crippen LogP contribution is 2.35. The van der Waals surface area contributed by atoms with E-state index in [1.807, 2.05) is 12.1 Å². The minimum atomic E-state index is 0.288. The van der Waals surface area contributed by atoms with E-state index in [9.17, 15) is 4.79 Å². The first-order chi connectivity index (χ1) is 17.1. The Balaban J connectivity index is 1.17. The lowest BCUT2D eigenvalue weighted by Crippen LogP contribution is -2.54. The molecule has 0 bridgehead atoms. The number of hydrogen-bond acceptors (Lipinski definition) is 5. The van der Waals surface area contributed by atoms with Crippen LogP contribution in [0.2, 0.25) is 0 Å². The molecule has 0 radical (unpaired) electrons. The van der Waals surface area contributed by atoms with Crippen molar-refractivity contribution in [3.8, 4) is 22.6 Å². The van der Waals surface area contributed by atoms with Crippen LogP contribution >= 0.6 is 0 Å². The van der Waals surface area contributed by atoms with Gasteiger partial charge in [0, 0.05) is 56.9 Å². The van der Waals surface area contributed by atoms with Crippen molar-refractivity contribution in [2.75, 3.05) is 53.5 Å². The van der Waals surface area contributed by atoms with Crippen molar-refractivity contribution in [3.05, 3.63) is 47.5 Å². The van der Waals surface area contributed by atoms with Crippen LogP contribution in [0.1, 0.15) is 43.2 Å². The normalized spacial score (nSPS) is 19.9. The molecule has 188 valence electrons. The van der Waals surface area contributed by atoms with E-state index in [-0.39, 0.29) is 5.91 Å². The highest BCUT2D eigenvalue weighted by atomic mass is 16.5. The second-order valence-corrected chi connectivity index (χ2v) is 10.2. The van der Waals surface area contributed by atoms with Gasteiger partial charge in [0.2, 0.25) is 5.91 Å². The Bertz CT molecular complexity index is 1030.